The van der Waals surface area contributed by atoms with Gasteiger partial charge in [-0.1, -0.05) is 24.3 Å². The van der Waals surface area contributed by atoms with Crippen molar-refractivity contribution in [2.24, 2.45) is 0 Å². The maximum atomic E-state index is 12.2. The molecule has 0 atom stereocenters. The summed E-state index contributed by atoms with van der Waals surface area (Å²) in [6, 6.07) is 14.6. The van der Waals surface area contributed by atoms with E-state index in [4.69, 9.17) is 0 Å². The van der Waals surface area contributed by atoms with Gasteiger partial charge in [0.15, 0.2) is 0 Å². The average molecular weight is 294 g/mol. The molecule has 3 heteroatoms. The molecule has 0 radical (unpaired) electrons. The predicted octanol–water partition coefficient (Wildman–Crippen LogP) is 3.69. The Bertz CT molecular complexity index is 673. The minimum absolute atomic E-state index is 0.0781. The van der Waals surface area contributed by atoms with Crippen molar-refractivity contribution in [3.8, 4) is 0 Å². The first-order valence-electron chi connectivity index (χ1n) is 7.83. The van der Waals surface area contributed by atoms with Crippen molar-refractivity contribution in [2.75, 3.05) is 23.3 Å². The summed E-state index contributed by atoms with van der Waals surface area (Å²) in [5.74, 6) is 0.0781. The van der Waals surface area contributed by atoms with Crippen LogP contribution in [0, 0.1) is 13.8 Å². The summed E-state index contributed by atoms with van der Waals surface area (Å²) >= 11 is 0. The zero-order valence-corrected chi connectivity index (χ0v) is 13.2. The number of fused-ring (bicyclic) bond motifs is 1. The van der Waals surface area contributed by atoms with Crippen molar-refractivity contribution in [3.05, 3.63) is 59.2 Å². The highest BCUT2D eigenvalue weighted by atomic mass is 16.1. The summed E-state index contributed by atoms with van der Waals surface area (Å²) in [5.41, 5.74) is 5.90. The molecule has 0 aliphatic carbocycles. The number of carbonyl (C=O) groups excluding carboxylic acids is 1. The molecule has 0 saturated heterocycles. The number of anilines is 2. The van der Waals surface area contributed by atoms with Crippen LogP contribution in [0.2, 0.25) is 0 Å². The standard InChI is InChI=1S/C19H22N2O/c1-14-11-15(2)13-17(12-14)20-19(22)8-10-21-9-7-16-5-3-4-6-18(16)21/h3-6,11-13H,7-10H2,1-2H3,(H,20,22). The third-order valence-corrected chi connectivity index (χ3v) is 4.10. The maximum absolute atomic E-state index is 12.2. The van der Waals surface area contributed by atoms with Crippen LogP contribution >= 0.6 is 0 Å². The van der Waals surface area contributed by atoms with Crippen molar-refractivity contribution in [1.82, 2.24) is 0 Å². The molecule has 1 amide bonds. The topological polar surface area (TPSA) is 32.3 Å². The number of nitrogens with zero attached hydrogens (tertiary/aromatic N) is 1. The normalized spacial score (nSPS) is 13.1. The Balaban J connectivity index is 1.57. The molecule has 1 N–H and O–H groups in total. The Morgan fingerprint density at radius 1 is 1.14 bits per heavy atom. The fourth-order valence-corrected chi connectivity index (χ4v) is 3.15. The molecule has 0 aromatic heterocycles. The second kappa shape index (κ2) is 6.22. The molecular weight excluding hydrogens is 272 g/mol. The fourth-order valence-electron chi connectivity index (χ4n) is 3.15. The first-order chi connectivity index (χ1) is 10.6. The Labute approximate surface area is 132 Å². The Morgan fingerprint density at radius 2 is 1.86 bits per heavy atom. The molecule has 0 bridgehead atoms. The molecule has 1 aliphatic rings. The van der Waals surface area contributed by atoms with Gasteiger partial charge in [-0.2, -0.15) is 0 Å². The van der Waals surface area contributed by atoms with Gasteiger partial charge in [0.05, 0.1) is 0 Å². The van der Waals surface area contributed by atoms with Crippen LogP contribution in [-0.4, -0.2) is 19.0 Å². The second-order valence-electron chi connectivity index (χ2n) is 6.04. The van der Waals surface area contributed by atoms with E-state index < -0.39 is 0 Å². The van der Waals surface area contributed by atoms with Gasteiger partial charge in [0.25, 0.3) is 0 Å². The van der Waals surface area contributed by atoms with Crippen LogP contribution in [0.15, 0.2) is 42.5 Å². The molecular formula is C19H22N2O. The van der Waals surface area contributed by atoms with E-state index in [9.17, 15) is 4.79 Å². The van der Waals surface area contributed by atoms with E-state index in [0.29, 0.717) is 6.42 Å². The van der Waals surface area contributed by atoms with E-state index >= 15 is 0 Å². The highest BCUT2D eigenvalue weighted by molar-refractivity contribution is 5.91. The lowest BCUT2D eigenvalue weighted by Gasteiger charge is -2.19. The highest BCUT2D eigenvalue weighted by Crippen LogP contribution is 2.27. The van der Waals surface area contributed by atoms with Gasteiger partial charge >= 0.3 is 0 Å². The number of para-hydroxylation sites is 1. The van der Waals surface area contributed by atoms with E-state index in [0.717, 1.165) is 25.2 Å². The van der Waals surface area contributed by atoms with Gasteiger partial charge in [-0.25, -0.2) is 0 Å². The largest absolute Gasteiger partial charge is 0.370 e. The zero-order chi connectivity index (χ0) is 15.5. The van der Waals surface area contributed by atoms with Gasteiger partial charge < -0.3 is 10.2 Å². The highest BCUT2D eigenvalue weighted by Gasteiger charge is 2.18. The monoisotopic (exact) mass is 294 g/mol. The number of amides is 1. The first kappa shape index (κ1) is 14.6. The number of rotatable bonds is 4. The summed E-state index contributed by atoms with van der Waals surface area (Å²) in [7, 11) is 0. The Kier molecular flexibility index (Phi) is 4.14. The molecule has 114 valence electrons. The van der Waals surface area contributed by atoms with Crippen LogP contribution in [0.25, 0.3) is 0 Å². The van der Waals surface area contributed by atoms with E-state index in [1.165, 1.54) is 22.4 Å². The Morgan fingerprint density at radius 3 is 2.64 bits per heavy atom. The van der Waals surface area contributed by atoms with E-state index in [2.05, 4.69) is 40.5 Å². The predicted molar refractivity (Wildman–Crippen MR) is 91.5 cm³/mol. The van der Waals surface area contributed by atoms with Crippen LogP contribution < -0.4 is 10.2 Å². The second-order valence-corrected chi connectivity index (χ2v) is 6.04. The van der Waals surface area contributed by atoms with Crippen LogP contribution in [0.1, 0.15) is 23.1 Å². The van der Waals surface area contributed by atoms with Crippen LogP contribution in [0.5, 0.6) is 0 Å². The van der Waals surface area contributed by atoms with Gasteiger partial charge in [0.1, 0.15) is 0 Å². The van der Waals surface area contributed by atoms with Gasteiger partial charge in [0, 0.05) is 30.9 Å². The van der Waals surface area contributed by atoms with Crippen molar-refractivity contribution in [3.63, 3.8) is 0 Å². The van der Waals surface area contributed by atoms with Crippen LogP contribution in [0.4, 0.5) is 11.4 Å². The lowest BCUT2D eigenvalue weighted by atomic mass is 10.1. The molecule has 1 aliphatic heterocycles. The molecule has 3 nitrogen and oxygen atoms in total. The summed E-state index contributed by atoms with van der Waals surface area (Å²) in [5, 5.41) is 3.01. The molecule has 2 aromatic carbocycles. The maximum Gasteiger partial charge on any atom is 0.226 e. The number of hydrogen-bond acceptors (Lipinski definition) is 2. The summed E-state index contributed by atoms with van der Waals surface area (Å²) < 4.78 is 0. The summed E-state index contributed by atoms with van der Waals surface area (Å²) in [6.07, 6.45) is 1.59. The van der Waals surface area contributed by atoms with E-state index in [1.807, 2.05) is 26.0 Å². The number of hydrogen-bond donors (Lipinski definition) is 1. The van der Waals surface area contributed by atoms with Crippen molar-refractivity contribution >= 4 is 17.3 Å². The van der Waals surface area contributed by atoms with Gasteiger partial charge in [-0.05, 0) is 55.2 Å². The number of nitrogens with one attached hydrogen (secondary N) is 1. The molecule has 1 heterocycles. The summed E-state index contributed by atoms with van der Waals surface area (Å²) in [4.78, 5) is 14.5. The van der Waals surface area contributed by atoms with Crippen LogP contribution in [-0.2, 0) is 11.2 Å². The van der Waals surface area contributed by atoms with E-state index in [1.54, 1.807) is 0 Å². The third kappa shape index (κ3) is 3.30. The van der Waals surface area contributed by atoms with Gasteiger partial charge in [0.2, 0.25) is 5.91 Å². The van der Waals surface area contributed by atoms with Gasteiger partial charge in [-0.3, -0.25) is 4.79 Å². The molecule has 0 unspecified atom stereocenters. The van der Waals surface area contributed by atoms with Gasteiger partial charge in [-0.15, -0.1) is 0 Å². The first-order valence-corrected chi connectivity index (χ1v) is 7.83. The lowest BCUT2D eigenvalue weighted by Crippen LogP contribution is -2.26. The van der Waals surface area contributed by atoms with Crippen molar-refractivity contribution < 1.29 is 4.79 Å². The molecule has 22 heavy (non-hydrogen) atoms. The smallest absolute Gasteiger partial charge is 0.226 e. The van der Waals surface area contributed by atoms with E-state index in [-0.39, 0.29) is 5.91 Å². The molecule has 3 rings (SSSR count). The SMILES string of the molecule is Cc1cc(C)cc(NC(=O)CCN2CCc3ccccc32)c1. The number of carbonyl (C=O) groups is 1. The Hall–Kier alpha value is -2.29. The number of aryl methyl sites for hydroxylation is 2. The van der Waals surface area contributed by atoms with Crippen molar-refractivity contribution in [1.29, 1.82) is 0 Å². The third-order valence-electron chi connectivity index (χ3n) is 4.10. The van der Waals surface area contributed by atoms with Crippen molar-refractivity contribution in [2.45, 2.75) is 26.7 Å². The zero-order valence-electron chi connectivity index (χ0n) is 13.2. The minimum atomic E-state index is 0.0781. The molecule has 0 saturated carbocycles. The average Bonchev–Trinajstić information content (AvgIpc) is 2.87. The minimum Gasteiger partial charge on any atom is -0.370 e. The molecule has 2 aromatic rings. The van der Waals surface area contributed by atoms with Crippen LogP contribution in [0.3, 0.4) is 0 Å². The lowest BCUT2D eigenvalue weighted by molar-refractivity contribution is -0.116. The fraction of sp³-hybridized carbons (Fsp3) is 0.316. The quantitative estimate of drug-likeness (QED) is 0.932. The summed E-state index contributed by atoms with van der Waals surface area (Å²) in [6.45, 7) is 5.87. The molecule has 0 fully saturated rings. The number of benzene rings is 2. The molecule has 0 spiro atoms.